The summed E-state index contributed by atoms with van der Waals surface area (Å²) in [6.07, 6.45) is 0. The lowest BCUT2D eigenvalue weighted by atomic mass is 10.00. The summed E-state index contributed by atoms with van der Waals surface area (Å²) < 4.78 is 56.9. The highest BCUT2D eigenvalue weighted by molar-refractivity contribution is 5.78. The molecule has 178 valence electrons. The Bertz CT molecular complexity index is 884. The number of nitrogens with one attached hydrogen (secondary N) is 2. The number of hydrogen-bond donors (Lipinski definition) is 3. The van der Waals surface area contributed by atoms with Crippen molar-refractivity contribution < 1.29 is 32.2 Å². The third kappa shape index (κ3) is 10.3. The maximum atomic E-state index is 13.5. The first kappa shape index (κ1) is 31.1. The van der Waals surface area contributed by atoms with Crippen LogP contribution in [0.2, 0.25) is 0 Å². The van der Waals surface area contributed by atoms with E-state index in [2.05, 4.69) is 6.58 Å². The van der Waals surface area contributed by atoms with Gasteiger partial charge in [-0.25, -0.2) is 28.6 Å². The Kier molecular flexibility index (Phi) is 14.4. The molecule has 2 aromatic carbocycles. The molecule has 1 atom stereocenters. The molecule has 0 heterocycles. The molecule has 2 aromatic rings. The largest absolute Gasteiger partial charge is 0.460 e. The number of hydrogen-bond acceptors (Lipinski definition) is 5. The SMILES string of the molecule is C=C(C)c1cccc(F)c1F.CC(C(=O)OC(C)(C)C)c1cccc(F)c1F.CO.N=N. The van der Waals surface area contributed by atoms with E-state index in [1.807, 2.05) is 0 Å². The molecule has 1 unspecified atom stereocenters. The van der Waals surface area contributed by atoms with E-state index in [-0.39, 0.29) is 11.1 Å². The highest BCUT2D eigenvalue weighted by Crippen LogP contribution is 2.24. The molecule has 0 aliphatic carbocycles. The van der Waals surface area contributed by atoms with Crippen LogP contribution in [0.4, 0.5) is 17.6 Å². The molecule has 9 heteroatoms. The Morgan fingerprint density at radius 3 is 1.81 bits per heavy atom. The second kappa shape index (κ2) is 14.9. The Labute approximate surface area is 186 Å². The number of aliphatic hydroxyl groups is 1. The third-order valence-electron chi connectivity index (χ3n) is 3.62. The van der Waals surface area contributed by atoms with E-state index < -0.39 is 40.8 Å². The highest BCUT2D eigenvalue weighted by atomic mass is 19.2. The maximum Gasteiger partial charge on any atom is 0.313 e. The van der Waals surface area contributed by atoms with Gasteiger partial charge < -0.3 is 9.84 Å². The molecular formula is C23H30F4N2O3. The van der Waals surface area contributed by atoms with Crippen molar-refractivity contribution in [1.82, 2.24) is 0 Å². The normalized spacial score (nSPS) is 10.7. The molecular weight excluding hydrogens is 428 g/mol. The van der Waals surface area contributed by atoms with Gasteiger partial charge in [0.1, 0.15) is 5.60 Å². The highest BCUT2D eigenvalue weighted by Gasteiger charge is 2.25. The molecule has 0 radical (unpaired) electrons. The molecule has 0 saturated carbocycles. The summed E-state index contributed by atoms with van der Waals surface area (Å²) in [6.45, 7) is 11.8. The molecule has 5 nitrogen and oxygen atoms in total. The van der Waals surface area contributed by atoms with Gasteiger partial charge in [-0.1, -0.05) is 30.8 Å². The van der Waals surface area contributed by atoms with Crippen molar-refractivity contribution in [2.45, 2.75) is 46.1 Å². The number of esters is 1. The van der Waals surface area contributed by atoms with Gasteiger partial charge in [-0.05, 0) is 52.3 Å². The van der Waals surface area contributed by atoms with E-state index >= 15 is 0 Å². The monoisotopic (exact) mass is 458 g/mol. The molecule has 0 saturated heterocycles. The summed E-state index contributed by atoms with van der Waals surface area (Å²) in [5.41, 5.74) is 10.1. The van der Waals surface area contributed by atoms with Crippen LogP contribution in [0.3, 0.4) is 0 Å². The molecule has 0 spiro atoms. The van der Waals surface area contributed by atoms with Gasteiger partial charge in [0.25, 0.3) is 0 Å². The quantitative estimate of drug-likeness (QED) is 0.274. The van der Waals surface area contributed by atoms with Crippen molar-refractivity contribution >= 4 is 11.5 Å². The standard InChI is InChI=1S/C13H16F2O2.C9H8F2.CH4O.H2N2/c1-8(12(16)17-13(2,3)4)9-6-5-7-10(14)11(9)15;1-6(2)7-4-3-5-8(10)9(7)11;2*1-2/h5-8H,1-4H3;3-5H,1H2,2H3;2H,1H3;1-2H. The minimum atomic E-state index is -0.995. The molecule has 0 aliphatic rings. The van der Waals surface area contributed by atoms with E-state index in [9.17, 15) is 22.4 Å². The van der Waals surface area contributed by atoms with Gasteiger partial charge in [0.15, 0.2) is 23.3 Å². The van der Waals surface area contributed by atoms with Gasteiger partial charge in [-0.3, -0.25) is 4.79 Å². The van der Waals surface area contributed by atoms with E-state index in [1.165, 1.54) is 31.2 Å². The summed E-state index contributed by atoms with van der Waals surface area (Å²) in [4.78, 5) is 11.7. The average Bonchev–Trinajstić information content (AvgIpc) is 2.73. The van der Waals surface area contributed by atoms with Gasteiger partial charge in [-0.15, -0.1) is 0 Å². The van der Waals surface area contributed by atoms with Gasteiger partial charge in [-0.2, -0.15) is 0 Å². The fraction of sp³-hybridized carbons (Fsp3) is 0.348. The molecule has 0 fully saturated rings. The lowest BCUT2D eigenvalue weighted by Crippen LogP contribution is -2.27. The Morgan fingerprint density at radius 1 is 0.969 bits per heavy atom. The zero-order chi connectivity index (χ0) is 25.6. The Morgan fingerprint density at radius 2 is 1.41 bits per heavy atom. The van der Waals surface area contributed by atoms with Crippen molar-refractivity contribution in [3.05, 3.63) is 77.4 Å². The van der Waals surface area contributed by atoms with Gasteiger partial charge >= 0.3 is 5.97 Å². The van der Waals surface area contributed by atoms with E-state index in [0.717, 1.165) is 19.2 Å². The van der Waals surface area contributed by atoms with Crippen LogP contribution < -0.4 is 0 Å². The number of benzene rings is 2. The number of rotatable bonds is 3. The average molecular weight is 458 g/mol. The predicted molar refractivity (Wildman–Crippen MR) is 115 cm³/mol. The van der Waals surface area contributed by atoms with E-state index in [1.54, 1.807) is 27.7 Å². The summed E-state index contributed by atoms with van der Waals surface area (Å²) in [6, 6.07) is 7.81. The van der Waals surface area contributed by atoms with Crippen molar-refractivity contribution in [1.29, 1.82) is 11.1 Å². The number of carbonyl (C=O) groups is 1. The van der Waals surface area contributed by atoms with Crippen LogP contribution >= 0.6 is 0 Å². The van der Waals surface area contributed by atoms with E-state index in [4.69, 9.17) is 20.9 Å². The first-order valence-corrected chi connectivity index (χ1v) is 9.31. The zero-order valence-electron chi connectivity index (χ0n) is 19.0. The lowest BCUT2D eigenvalue weighted by molar-refractivity contribution is -0.156. The van der Waals surface area contributed by atoms with Gasteiger partial charge in [0.2, 0.25) is 0 Å². The fourth-order valence-corrected chi connectivity index (χ4v) is 2.21. The minimum absolute atomic E-state index is 0.0132. The first-order chi connectivity index (χ1) is 14.8. The summed E-state index contributed by atoms with van der Waals surface area (Å²) in [7, 11) is 1.00. The molecule has 2 rings (SSSR count). The number of allylic oxidation sites excluding steroid dienone is 1. The van der Waals surface area contributed by atoms with Crippen LogP contribution in [0.5, 0.6) is 0 Å². The first-order valence-electron chi connectivity index (χ1n) is 9.31. The molecule has 0 bridgehead atoms. The second-order valence-electron chi connectivity index (χ2n) is 7.28. The molecule has 0 aromatic heterocycles. The number of carbonyl (C=O) groups excluding carboxylic acids is 1. The van der Waals surface area contributed by atoms with Crippen LogP contribution in [0.1, 0.15) is 51.7 Å². The minimum Gasteiger partial charge on any atom is -0.460 e. The van der Waals surface area contributed by atoms with Crippen molar-refractivity contribution in [3.8, 4) is 0 Å². The zero-order valence-corrected chi connectivity index (χ0v) is 19.0. The Hall–Kier alpha value is -3.07. The topological polar surface area (TPSA) is 94.2 Å². The Balaban J connectivity index is 0. The van der Waals surface area contributed by atoms with E-state index in [0.29, 0.717) is 5.57 Å². The van der Waals surface area contributed by atoms with Crippen molar-refractivity contribution in [2.75, 3.05) is 7.11 Å². The molecule has 0 amide bonds. The lowest BCUT2D eigenvalue weighted by Gasteiger charge is -2.22. The van der Waals surface area contributed by atoms with Crippen LogP contribution in [0, 0.1) is 34.3 Å². The molecule has 0 aliphatic heterocycles. The fourth-order valence-electron chi connectivity index (χ4n) is 2.21. The second-order valence-corrected chi connectivity index (χ2v) is 7.28. The number of halogens is 4. The maximum absolute atomic E-state index is 13.5. The number of aliphatic hydroxyl groups excluding tert-OH is 1. The van der Waals surface area contributed by atoms with Crippen LogP contribution in [-0.4, -0.2) is 23.8 Å². The summed E-state index contributed by atoms with van der Waals surface area (Å²) in [5.74, 6) is -5.00. The van der Waals surface area contributed by atoms with Crippen LogP contribution in [0.25, 0.3) is 5.57 Å². The summed E-state index contributed by atoms with van der Waals surface area (Å²) in [5, 5.41) is 7.00. The smallest absolute Gasteiger partial charge is 0.313 e. The van der Waals surface area contributed by atoms with Gasteiger partial charge in [0.05, 0.1) is 5.92 Å². The van der Waals surface area contributed by atoms with Crippen LogP contribution in [-0.2, 0) is 9.53 Å². The molecule has 3 N–H and O–H groups in total. The van der Waals surface area contributed by atoms with Gasteiger partial charge in [0, 0.05) is 18.2 Å². The predicted octanol–water partition coefficient (Wildman–Crippen LogP) is 6.61. The summed E-state index contributed by atoms with van der Waals surface area (Å²) >= 11 is 0. The van der Waals surface area contributed by atoms with Crippen molar-refractivity contribution in [2.24, 2.45) is 0 Å². The number of ether oxygens (including phenoxy) is 1. The van der Waals surface area contributed by atoms with Crippen LogP contribution in [0.15, 0.2) is 43.0 Å². The third-order valence-corrected chi connectivity index (χ3v) is 3.62. The van der Waals surface area contributed by atoms with Crippen molar-refractivity contribution in [3.63, 3.8) is 0 Å². The molecule has 32 heavy (non-hydrogen) atoms.